The Kier molecular flexibility index (Phi) is 6.64. The maximum atomic E-state index is 12.1. The van der Waals surface area contributed by atoms with Crippen molar-refractivity contribution >= 4 is 50.8 Å². The van der Waals surface area contributed by atoms with Gasteiger partial charge >= 0.3 is 0 Å². The molecule has 0 spiro atoms. The lowest BCUT2D eigenvalue weighted by molar-refractivity contribution is -0.119. The fourth-order valence-corrected chi connectivity index (χ4v) is 4.26. The molecular weight excluding hydrogens is 450 g/mol. The van der Waals surface area contributed by atoms with Crippen molar-refractivity contribution in [2.45, 2.75) is 18.6 Å². The normalized spacial score (nSPS) is 10.6. The Morgan fingerprint density at radius 2 is 2.00 bits per heavy atom. The lowest BCUT2D eigenvalue weighted by Crippen LogP contribution is -2.42. The minimum atomic E-state index is -0.391. The smallest absolute Gasteiger partial charge is 0.270 e. The number of carbonyl (C=O) groups excluding carboxylic acids is 2. The summed E-state index contributed by atoms with van der Waals surface area (Å²) in [7, 11) is 0. The van der Waals surface area contributed by atoms with Crippen LogP contribution in [0.25, 0.3) is 10.7 Å². The Morgan fingerprint density at radius 3 is 2.70 bits per heavy atom. The van der Waals surface area contributed by atoms with Crippen LogP contribution in [0.1, 0.15) is 17.3 Å². The van der Waals surface area contributed by atoms with Gasteiger partial charge in [0.05, 0.1) is 16.2 Å². The van der Waals surface area contributed by atoms with E-state index >= 15 is 0 Å². The number of carbonyl (C=O) groups is 2. The predicted octanol–water partition coefficient (Wildman–Crippen LogP) is 3.34. The average Bonchev–Trinajstić information content (AvgIpc) is 3.33. The second-order valence-corrected chi connectivity index (χ2v) is 8.04. The molecule has 0 aliphatic rings. The van der Waals surface area contributed by atoms with Crippen LogP contribution in [0, 0.1) is 0 Å². The molecule has 2 N–H and O–H groups in total. The SMILES string of the molecule is CCn1c(SCC(=O)NNC(=O)c2ccccc2Br)nnc1-c1cccs1. The number of hydrogen-bond acceptors (Lipinski definition) is 6. The van der Waals surface area contributed by atoms with Crippen molar-refractivity contribution in [3.63, 3.8) is 0 Å². The van der Waals surface area contributed by atoms with Crippen molar-refractivity contribution in [2.75, 3.05) is 5.75 Å². The van der Waals surface area contributed by atoms with E-state index in [1.807, 2.05) is 35.1 Å². The molecule has 0 saturated heterocycles. The van der Waals surface area contributed by atoms with E-state index in [0.29, 0.717) is 21.7 Å². The Hall–Kier alpha value is -2.17. The average molecular weight is 466 g/mol. The van der Waals surface area contributed by atoms with E-state index in [1.165, 1.54) is 11.8 Å². The van der Waals surface area contributed by atoms with Crippen LogP contribution in [0.3, 0.4) is 0 Å². The van der Waals surface area contributed by atoms with E-state index in [0.717, 1.165) is 10.7 Å². The summed E-state index contributed by atoms with van der Waals surface area (Å²) >= 11 is 6.17. The molecule has 0 aliphatic carbocycles. The van der Waals surface area contributed by atoms with Crippen LogP contribution in [0.15, 0.2) is 51.4 Å². The first-order valence-electron chi connectivity index (χ1n) is 8.03. The molecule has 2 aromatic heterocycles. The van der Waals surface area contributed by atoms with Crippen LogP contribution in [-0.4, -0.2) is 32.3 Å². The van der Waals surface area contributed by atoms with Crippen LogP contribution in [0.2, 0.25) is 0 Å². The molecule has 10 heteroatoms. The van der Waals surface area contributed by atoms with Crippen molar-refractivity contribution in [3.05, 3.63) is 51.8 Å². The Balaban J connectivity index is 1.55. The van der Waals surface area contributed by atoms with Gasteiger partial charge in [-0.15, -0.1) is 21.5 Å². The second-order valence-electron chi connectivity index (χ2n) is 5.30. The molecule has 0 saturated carbocycles. The third-order valence-corrected chi connectivity index (χ3v) is 6.06. The van der Waals surface area contributed by atoms with Gasteiger partial charge in [0.2, 0.25) is 5.91 Å². The first kappa shape index (κ1) is 19.6. The van der Waals surface area contributed by atoms with E-state index in [-0.39, 0.29) is 11.7 Å². The van der Waals surface area contributed by atoms with Gasteiger partial charge in [-0.05, 0) is 46.4 Å². The maximum Gasteiger partial charge on any atom is 0.270 e. The number of hydrazine groups is 1. The lowest BCUT2D eigenvalue weighted by Gasteiger charge is -2.09. The standard InChI is InChI=1S/C17H16BrN5O2S2/c1-2-23-15(13-8-5-9-26-13)20-22-17(23)27-10-14(24)19-21-16(25)11-6-3-4-7-12(11)18/h3-9H,2,10H2,1H3,(H,19,24)(H,21,25). The number of nitrogens with zero attached hydrogens (tertiary/aromatic N) is 3. The van der Waals surface area contributed by atoms with Crippen LogP contribution in [0.4, 0.5) is 0 Å². The minimum Gasteiger partial charge on any atom is -0.302 e. The third-order valence-electron chi connectivity index (χ3n) is 3.54. The second kappa shape index (κ2) is 9.16. The number of halogens is 1. The molecule has 0 unspecified atom stereocenters. The van der Waals surface area contributed by atoms with Crippen molar-refractivity contribution in [3.8, 4) is 10.7 Å². The van der Waals surface area contributed by atoms with Gasteiger partial charge < -0.3 is 4.57 Å². The highest BCUT2D eigenvalue weighted by molar-refractivity contribution is 9.10. The summed E-state index contributed by atoms with van der Waals surface area (Å²) in [6, 6.07) is 10.9. The largest absolute Gasteiger partial charge is 0.302 e. The van der Waals surface area contributed by atoms with Gasteiger partial charge in [0.15, 0.2) is 11.0 Å². The molecule has 2 heterocycles. The molecule has 7 nitrogen and oxygen atoms in total. The highest BCUT2D eigenvalue weighted by Gasteiger charge is 2.16. The summed E-state index contributed by atoms with van der Waals surface area (Å²) in [6.45, 7) is 2.70. The molecule has 3 rings (SSSR count). The van der Waals surface area contributed by atoms with Crippen molar-refractivity contribution in [2.24, 2.45) is 0 Å². The topological polar surface area (TPSA) is 88.9 Å². The number of nitrogens with one attached hydrogen (secondary N) is 2. The maximum absolute atomic E-state index is 12.1. The molecule has 0 atom stereocenters. The fraction of sp³-hybridized carbons (Fsp3) is 0.176. The zero-order valence-corrected chi connectivity index (χ0v) is 17.5. The molecule has 0 aliphatic heterocycles. The molecule has 1 aromatic carbocycles. The number of hydrogen-bond donors (Lipinski definition) is 2. The summed E-state index contributed by atoms with van der Waals surface area (Å²) in [5.74, 6) is 0.178. The van der Waals surface area contributed by atoms with Gasteiger partial charge in [0.1, 0.15) is 0 Å². The Bertz CT molecular complexity index is 943. The number of amides is 2. The van der Waals surface area contributed by atoms with Crippen LogP contribution in [-0.2, 0) is 11.3 Å². The Labute approximate surface area is 172 Å². The van der Waals surface area contributed by atoms with Gasteiger partial charge in [-0.3, -0.25) is 20.4 Å². The summed E-state index contributed by atoms with van der Waals surface area (Å²) in [4.78, 5) is 25.2. The van der Waals surface area contributed by atoms with Gasteiger partial charge in [-0.25, -0.2) is 0 Å². The molecule has 2 amide bonds. The minimum absolute atomic E-state index is 0.110. The van der Waals surface area contributed by atoms with Crippen LogP contribution in [0.5, 0.6) is 0 Å². The summed E-state index contributed by atoms with van der Waals surface area (Å²) < 4.78 is 2.62. The first-order valence-corrected chi connectivity index (χ1v) is 10.7. The number of rotatable bonds is 6. The molecule has 0 bridgehead atoms. The van der Waals surface area contributed by atoms with E-state index < -0.39 is 5.91 Å². The van der Waals surface area contributed by atoms with Gasteiger partial charge in [0.25, 0.3) is 5.91 Å². The summed E-state index contributed by atoms with van der Waals surface area (Å²) in [5, 5.41) is 11.0. The summed E-state index contributed by atoms with van der Waals surface area (Å²) in [5.41, 5.74) is 5.27. The van der Waals surface area contributed by atoms with E-state index in [4.69, 9.17) is 0 Å². The number of benzene rings is 1. The first-order chi connectivity index (χ1) is 13.1. The van der Waals surface area contributed by atoms with Gasteiger partial charge in [-0.2, -0.15) is 0 Å². The molecular formula is C17H16BrN5O2S2. The highest BCUT2D eigenvalue weighted by Crippen LogP contribution is 2.27. The number of thioether (sulfide) groups is 1. The van der Waals surface area contributed by atoms with Crippen molar-refractivity contribution in [1.82, 2.24) is 25.6 Å². The quantitative estimate of drug-likeness (QED) is 0.430. The Morgan fingerprint density at radius 1 is 1.19 bits per heavy atom. The van der Waals surface area contributed by atoms with E-state index in [9.17, 15) is 9.59 Å². The monoisotopic (exact) mass is 465 g/mol. The molecule has 0 fully saturated rings. The van der Waals surface area contributed by atoms with Crippen LogP contribution >= 0.6 is 39.0 Å². The van der Waals surface area contributed by atoms with Crippen LogP contribution < -0.4 is 10.9 Å². The molecule has 0 radical (unpaired) electrons. The lowest BCUT2D eigenvalue weighted by atomic mass is 10.2. The van der Waals surface area contributed by atoms with Gasteiger partial charge in [0, 0.05) is 11.0 Å². The van der Waals surface area contributed by atoms with Gasteiger partial charge in [-0.1, -0.05) is 30.0 Å². The highest BCUT2D eigenvalue weighted by atomic mass is 79.9. The summed E-state index contributed by atoms with van der Waals surface area (Å²) in [6.07, 6.45) is 0. The van der Waals surface area contributed by atoms with Crippen molar-refractivity contribution < 1.29 is 9.59 Å². The third kappa shape index (κ3) is 4.76. The molecule has 3 aromatic rings. The fourth-order valence-electron chi connectivity index (χ4n) is 2.27. The zero-order valence-electron chi connectivity index (χ0n) is 14.3. The van der Waals surface area contributed by atoms with E-state index in [1.54, 1.807) is 29.5 Å². The van der Waals surface area contributed by atoms with E-state index in [2.05, 4.69) is 37.0 Å². The number of thiophene rings is 1. The zero-order chi connectivity index (χ0) is 19.2. The van der Waals surface area contributed by atoms with Crippen molar-refractivity contribution in [1.29, 1.82) is 0 Å². The predicted molar refractivity (Wildman–Crippen MR) is 109 cm³/mol. The molecule has 140 valence electrons. The molecule has 27 heavy (non-hydrogen) atoms. The number of aromatic nitrogens is 3.